The molecule has 0 radical (unpaired) electrons. The molecule has 5 rings (SSSR count). The maximum absolute atomic E-state index is 13.9. The van der Waals surface area contributed by atoms with Gasteiger partial charge in [0.15, 0.2) is 0 Å². The van der Waals surface area contributed by atoms with Gasteiger partial charge < -0.3 is 0 Å². The van der Waals surface area contributed by atoms with Gasteiger partial charge in [0, 0.05) is 0 Å². The van der Waals surface area contributed by atoms with Gasteiger partial charge >= 0.3 is 208 Å². The monoisotopic (exact) mass is 548 g/mol. The van der Waals surface area contributed by atoms with E-state index >= 15 is 0 Å². The van der Waals surface area contributed by atoms with Crippen LogP contribution in [0.1, 0.15) is 41.9 Å². The first-order valence-corrected chi connectivity index (χ1v) is 17.7. The van der Waals surface area contributed by atoms with Crippen LogP contribution in [0.3, 0.4) is 0 Å². The molecule has 2 aliphatic carbocycles. The SMILES string of the molecule is CC1=[C]([Zr]([O]c2ccc(F)cc2)([O]c2ccc(F)cc2)(=[C](C)C)[CH]2C=Cc3ccccc32)CC=C1. The predicted octanol–water partition coefficient (Wildman–Crippen LogP) is 8.16. The average molecular weight is 550 g/mol. The van der Waals surface area contributed by atoms with Crippen molar-refractivity contribution >= 4 is 9.28 Å². The number of allylic oxidation sites excluding steroid dienone is 5. The maximum atomic E-state index is 13.9. The van der Waals surface area contributed by atoms with Crippen LogP contribution in [-0.4, -0.2) is 3.21 Å². The van der Waals surface area contributed by atoms with Crippen molar-refractivity contribution in [1.29, 1.82) is 0 Å². The third kappa shape index (κ3) is 3.81. The fourth-order valence-electron chi connectivity index (χ4n) is 5.64. The molecule has 1 atom stereocenters. The molecule has 0 heterocycles. The summed E-state index contributed by atoms with van der Waals surface area (Å²) in [6.07, 6.45) is 9.31. The van der Waals surface area contributed by atoms with E-state index in [1.165, 1.54) is 24.3 Å². The Balaban J connectivity index is 1.88. The number of fused-ring (bicyclic) bond motifs is 1. The van der Waals surface area contributed by atoms with Crippen molar-refractivity contribution in [3.8, 4) is 11.5 Å². The van der Waals surface area contributed by atoms with Crippen molar-refractivity contribution in [2.45, 2.75) is 30.8 Å². The van der Waals surface area contributed by atoms with Crippen molar-refractivity contribution in [1.82, 2.24) is 0 Å². The zero-order valence-corrected chi connectivity index (χ0v) is 22.6. The zero-order chi connectivity index (χ0) is 24.7. The predicted molar refractivity (Wildman–Crippen MR) is 135 cm³/mol. The molecule has 0 N–H and O–H groups in total. The summed E-state index contributed by atoms with van der Waals surface area (Å²) in [5, 5.41) is 0. The second-order valence-electron chi connectivity index (χ2n) is 9.49. The summed E-state index contributed by atoms with van der Waals surface area (Å²) in [6, 6.07) is 20.6. The Labute approximate surface area is 207 Å². The minimum absolute atomic E-state index is 0.155. The normalized spacial score (nSPS) is 17.0. The molecule has 35 heavy (non-hydrogen) atoms. The average Bonchev–Trinajstić information content (AvgIpc) is 3.49. The molecule has 178 valence electrons. The van der Waals surface area contributed by atoms with Gasteiger partial charge in [0.2, 0.25) is 0 Å². The number of benzene rings is 3. The number of hydrogen-bond acceptors (Lipinski definition) is 2. The summed E-state index contributed by atoms with van der Waals surface area (Å²) in [4.78, 5) is 0. The fourth-order valence-corrected chi connectivity index (χ4v) is 21.3. The first kappa shape index (κ1) is 23.8. The standard InChI is InChI=1S/C9H7.2C6H5FO.C6H7.C3H6.Zr/c1-2-5-9-7-3-6-8(9)4-1;2*7-5-1-3-6(8)4-2-5;1-6-4-2-3-5-6;1-3-2;/h1-7H;2*1-4,8H;2,4H,3H2,1H3;1-2H3;/q;;;;;+2/p-2. The number of hydrogen-bond donors (Lipinski definition) is 0. The Kier molecular flexibility index (Phi) is 6.09. The molecule has 0 bridgehead atoms. The molecule has 2 aliphatic rings. The molecule has 0 spiro atoms. The number of halogens is 2. The van der Waals surface area contributed by atoms with E-state index in [0.29, 0.717) is 17.9 Å². The summed E-state index contributed by atoms with van der Waals surface area (Å²) >= 11 is -5.32. The van der Waals surface area contributed by atoms with Gasteiger partial charge in [-0.1, -0.05) is 0 Å². The molecule has 0 saturated heterocycles. The Hall–Kier alpha value is -2.91. The van der Waals surface area contributed by atoms with Crippen LogP contribution >= 0.6 is 0 Å². The van der Waals surface area contributed by atoms with Gasteiger partial charge in [0.05, 0.1) is 0 Å². The van der Waals surface area contributed by atoms with Gasteiger partial charge in [0.1, 0.15) is 0 Å². The third-order valence-electron chi connectivity index (χ3n) is 7.32. The van der Waals surface area contributed by atoms with Gasteiger partial charge in [-0.05, 0) is 0 Å². The summed E-state index contributed by atoms with van der Waals surface area (Å²) in [5.74, 6) is 0.469. The van der Waals surface area contributed by atoms with Gasteiger partial charge in [-0.25, -0.2) is 0 Å². The minimum atomic E-state index is -5.32. The van der Waals surface area contributed by atoms with Crippen LogP contribution in [0.15, 0.2) is 99.9 Å². The van der Waals surface area contributed by atoms with E-state index in [9.17, 15) is 8.78 Å². The molecule has 0 saturated carbocycles. The molecule has 0 amide bonds. The Morgan fingerprint density at radius 2 is 1.37 bits per heavy atom. The van der Waals surface area contributed by atoms with Crippen LogP contribution in [0.2, 0.25) is 0 Å². The summed E-state index contributed by atoms with van der Waals surface area (Å²) in [6.45, 7) is 6.28. The van der Waals surface area contributed by atoms with E-state index in [-0.39, 0.29) is 15.3 Å². The third-order valence-corrected chi connectivity index (χ3v) is 23.4. The van der Waals surface area contributed by atoms with Crippen molar-refractivity contribution in [3.63, 3.8) is 0 Å². The van der Waals surface area contributed by atoms with Crippen molar-refractivity contribution in [2.75, 3.05) is 0 Å². The van der Waals surface area contributed by atoms with E-state index in [2.05, 4.69) is 57.2 Å². The molecule has 5 heteroatoms. The van der Waals surface area contributed by atoms with Crippen LogP contribution in [0.5, 0.6) is 11.5 Å². The van der Waals surface area contributed by atoms with Gasteiger partial charge in [-0.2, -0.15) is 0 Å². The Morgan fingerprint density at radius 1 is 0.800 bits per heavy atom. The summed E-state index contributed by atoms with van der Waals surface area (Å²) < 4.78 is 44.4. The molecule has 2 nitrogen and oxygen atoms in total. The van der Waals surface area contributed by atoms with Crippen LogP contribution in [0.4, 0.5) is 8.78 Å². The first-order valence-electron chi connectivity index (χ1n) is 11.8. The van der Waals surface area contributed by atoms with Crippen LogP contribution in [0.25, 0.3) is 6.08 Å². The molecule has 1 unspecified atom stereocenters. The Morgan fingerprint density at radius 3 is 1.89 bits per heavy atom. The molecular weight excluding hydrogens is 522 g/mol. The molecule has 0 aliphatic heterocycles. The van der Waals surface area contributed by atoms with Crippen LogP contribution < -0.4 is 5.63 Å². The van der Waals surface area contributed by atoms with Crippen molar-refractivity contribution in [2.24, 2.45) is 0 Å². The van der Waals surface area contributed by atoms with E-state index in [1.54, 1.807) is 24.3 Å². The summed E-state index contributed by atoms with van der Waals surface area (Å²) in [7, 11) is 0. The second-order valence-corrected chi connectivity index (χ2v) is 21.6. The quantitative estimate of drug-likeness (QED) is 0.309. The first-order chi connectivity index (χ1) is 16.8. The molecular formula is C30H28F2O2Zr. The molecule has 0 fully saturated rings. The van der Waals surface area contributed by atoms with Crippen molar-refractivity contribution < 1.29 is 33.6 Å². The molecule has 0 aromatic heterocycles. The summed E-state index contributed by atoms with van der Waals surface area (Å²) in [5.41, 5.74) is 3.41. The number of rotatable bonds is 6. The van der Waals surface area contributed by atoms with E-state index in [0.717, 1.165) is 23.2 Å². The van der Waals surface area contributed by atoms with Crippen molar-refractivity contribution in [3.05, 3.63) is 123 Å². The molecule has 3 aromatic rings. The second kappa shape index (κ2) is 8.95. The van der Waals surface area contributed by atoms with E-state index in [1.807, 2.05) is 12.1 Å². The Bertz CT molecular complexity index is 1390. The molecule has 3 aromatic carbocycles. The van der Waals surface area contributed by atoms with Gasteiger partial charge in [0.25, 0.3) is 0 Å². The topological polar surface area (TPSA) is 18.5 Å². The fraction of sp³-hybridized carbons (Fsp3) is 0.167. The van der Waals surface area contributed by atoms with E-state index < -0.39 is 19.2 Å². The van der Waals surface area contributed by atoms with Crippen LogP contribution in [0, 0.1) is 11.6 Å². The van der Waals surface area contributed by atoms with Gasteiger partial charge in [-0.3, -0.25) is 0 Å². The zero-order valence-electron chi connectivity index (χ0n) is 20.1. The van der Waals surface area contributed by atoms with E-state index in [4.69, 9.17) is 5.63 Å². The van der Waals surface area contributed by atoms with Crippen LogP contribution in [-0.2, 0) is 19.2 Å². The van der Waals surface area contributed by atoms with Gasteiger partial charge in [-0.15, -0.1) is 0 Å².